The summed E-state index contributed by atoms with van der Waals surface area (Å²) in [5.41, 5.74) is 3.90. The standard InChI is InChI=1S/C20H28N4O2S.C19H25FN4OS.C18H24N4OS/c1-25-18-4-2-16(3-5-18)6-9-23-10-12-24(13-11-23)20-21-19(22-27-20)17-7-14-26-15-8-17;20-17-3-1-15(2-4-17)5-8-23-9-11-24(12-10-23)19-21-18(22-26-19)16-6-13-25-14-7-16;1-23-16-4-2-3-14(13-16)7-8-21-9-11-22(12-10-21)18-19-17(20-24-18)15-5-6-15/h2-5,17H,6-15H2,1H3;1-4,16H,5-14H2;2-4,13,15H,5-12H2,1H3. The Bertz CT molecular complexity index is 2660. The lowest BCUT2D eigenvalue weighted by molar-refractivity contribution is 0.0837. The van der Waals surface area contributed by atoms with Gasteiger partial charge in [0.25, 0.3) is 0 Å². The third-order valence-electron chi connectivity index (χ3n) is 15.7. The zero-order valence-electron chi connectivity index (χ0n) is 45.1. The van der Waals surface area contributed by atoms with Gasteiger partial charge >= 0.3 is 0 Å². The normalized spacial score (nSPS) is 19.3. The number of halogens is 1. The molecule has 0 bridgehead atoms. The molecule has 20 heteroatoms. The second kappa shape index (κ2) is 28.3. The molecule has 3 aromatic carbocycles. The molecule has 6 fully saturated rings. The van der Waals surface area contributed by atoms with Crippen LogP contribution in [0.25, 0.3) is 0 Å². The van der Waals surface area contributed by atoms with Crippen molar-refractivity contribution in [2.24, 2.45) is 0 Å². The smallest absolute Gasteiger partial charge is 0.205 e. The van der Waals surface area contributed by atoms with Gasteiger partial charge in [0.1, 0.15) is 34.8 Å². The highest BCUT2D eigenvalue weighted by Crippen LogP contribution is 2.40. The summed E-state index contributed by atoms with van der Waals surface area (Å²) in [6.45, 7) is 19.1. The minimum absolute atomic E-state index is 0.167. The number of ether oxygens (including phenoxy) is 4. The number of piperazine rings is 3. The highest BCUT2D eigenvalue weighted by atomic mass is 32.1. The van der Waals surface area contributed by atoms with Crippen LogP contribution in [0.2, 0.25) is 0 Å². The van der Waals surface area contributed by atoms with Gasteiger partial charge in [0.15, 0.2) is 0 Å². The molecule has 16 nitrogen and oxygen atoms in total. The maximum Gasteiger partial charge on any atom is 0.205 e. The SMILES string of the molecule is COc1ccc(CCN2CCN(c3nc(C4CCOCC4)ns3)CC2)cc1.COc1cccc(CCN2CCN(c3nc(C4CC4)ns3)CC2)c1.Fc1ccc(CCN2CCN(c3nc(C4CCOCC4)ns3)CC2)cc1. The van der Waals surface area contributed by atoms with Crippen molar-refractivity contribution in [2.75, 3.05) is 154 Å². The fraction of sp³-hybridized carbons (Fsp3) is 0.579. The molecule has 0 amide bonds. The van der Waals surface area contributed by atoms with Gasteiger partial charge in [-0.1, -0.05) is 36.4 Å². The molecule has 5 aliphatic heterocycles. The van der Waals surface area contributed by atoms with E-state index in [2.05, 4.69) is 72.9 Å². The molecule has 6 aromatic rings. The topological polar surface area (TPSA) is 134 Å². The highest BCUT2D eigenvalue weighted by molar-refractivity contribution is 7.10. The van der Waals surface area contributed by atoms with Crippen LogP contribution >= 0.6 is 34.6 Å². The zero-order chi connectivity index (χ0) is 52.6. The van der Waals surface area contributed by atoms with E-state index >= 15 is 0 Å². The monoisotopic (exact) mass is 1110 g/mol. The summed E-state index contributed by atoms with van der Waals surface area (Å²) in [4.78, 5) is 29.1. The fourth-order valence-electron chi connectivity index (χ4n) is 10.4. The number of nitrogens with zero attached hydrogens (tertiary/aromatic N) is 12. The van der Waals surface area contributed by atoms with Crippen molar-refractivity contribution < 1.29 is 23.3 Å². The van der Waals surface area contributed by atoms with Crippen molar-refractivity contribution in [3.05, 3.63) is 113 Å². The van der Waals surface area contributed by atoms with Crippen molar-refractivity contribution in [1.82, 2.24) is 42.8 Å². The van der Waals surface area contributed by atoms with Crippen LogP contribution in [0.3, 0.4) is 0 Å². The molecular weight excluding hydrogens is 1030 g/mol. The summed E-state index contributed by atoms with van der Waals surface area (Å²) < 4.78 is 48.1. The van der Waals surface area contributed by atoms with Crippen molar-refractivity contribution in [3.8, 4) is 11.5 Å². The van der Waals surface area contributed by atoms with E-state index in [0.717, 1.165) is 214 Å². The third kappa shape index (κ3) is 16.3. The number of anilines is 3. The average Bonchev–Trinajstić information content (AvgIpc) is 3.80. The lowest BCUT2D eigenvalue weighted by Crippen LogP contribution is -2.47. The third-order valence-corrected chi connectivity index (χ3v) is 18.1. The highest BCUT2D eigenvalue weighted by Gasteiger charge is 2.30. The molecule has 0 spiro atoms. The summed E-state index contributed by atoms with van der Waals surface area (Å²) in [5, 5.41) is 3.26. The van der Waals surface area contributed by atoms with Gasteiger partial charge in [0.05, 0.1) is 14.2 Å². The van der Waals surface area contributed by atoms with Crippen LogP contribution in [0.4, 0.5) is 19.8 Å². The first-order valence-corrected chi connectivity index (χ1v) is 30.3. The molecule has 8 heterocycles. The lowest BCUT2D eigenvalue weighted by Gasteiger charge is -2.34. The fourth-order valence-corrected chi connectivity index (χ4v) is 12.8. The summed E-state index contributed by atoms with van der Waals surface area (Å²) >= 11 is 4.66. The van der Waals surface area contributed by atoms with Gasteiger partial charge in [-0.3, -0.25) is 14.7 Å². The maximum atomic E-state index is 13.0. The Hall–Kier alpha value is -4.93. The van der Waals surface area contributed by atoms with Crippen molar-refractivity contribution in [3.63, 3.8) is 0 Å². The van der Waals surface area contributed by atoms with E-state index < -0.39 is 0 Å². The molecule has 0 atom stereocenters. The Kier molecular flexibility index (Phi) is 20.3. The number of aromatic nitrogens is 6. The molecular formula is C57H77FN12O4S3. The number of hydrogen-bond acceptors (Lipinski definition) is 19. The first-order valence-electron chi connectivity index (χ1n) is 28.0. The van der Waals surface area contributed by atoms with Crippen LogP contribution in [0.1, 0.15) is 90.4 Å². The lowest BCUT2D eigenvalue weighted by atomic mass is 10.00. The summed E-state index contributed by atoms with van der Waals surface area (Å²) in [6, 6.07) is 23.6. The van der Waals surface area contributed by atoms with Crippen molar-refractivity contribution >= 4 is 50.0 Å². The van der Waals surface area contributed by atoms with Gasteiger partial charge in [-0.05, 0) is 111 Å². The molecule has 0 unspecified atom stereocenters. The zero-order valence-corrected chi connectivity index (χ0v) is 47.5. The predicted molar refractivity (Wildman–Crippen MR) is 307 cm³/mol. The molecule has 414 valence electrons. The van der Waals surface area contributed by atoms with E-state index in [1.54, 1.807) is 49.4 Å². The Labute approximate surface area is 467 Å². The van der Waals surface area contributed by atoms with E-state index in [9.17, 15) is 4.39 Å². The van der Waals surface area contributed by atoms with E-state index in [0.29, 0.717) is 17.8 Å². The Morgan fingerprint density at radius 1 is 0.455 bits per heavy atom. The Morgan fingerprint density at radius 3 is 1.22 bits per heavy atom. The molecule has 77 heavy (non-hydrogen) atoms. The quantitative estimate of drug-likeness (QED) is 0.0863. The van der Waals surface area contributed by atoms with Gasteiger partial charge in [-0.15, -0.1) is 0 Å². The second-order valence-corrected chi connectivity index (χ2v) is 23.1. The number of benzene rings is 3. The van der Waals surface area contributed by atoms with Crippen LogP contribution in [-0.4, -0.2) is 182 Å². The van der Waals surface area contributed by atoms with Crippen LogP contribution in [0.5, 0.6) is 11.5 Å². The van der Waals surface area contributed by atoms with Gasteiger partial charge in [0.2, 0.25) is 15.4 Å². The van der Waals surface area contributed by atoms with Gasteiger partial charge in [0, 0.05) is 177 Å². The number of methoxy groups -OCH3 is 2. The molecule has 0 N–H and O–H groups in total. The Morgan fingerprint density at radius 2 is 0.831 bits per heavy atom. The molecule has 12 rings (SSSR count). The molecule has 3 aromatic heterocycles. The Balaban J connectivity index is 0.000000131. The van der Waals surface area contributed by atoms with Crippen LogP contribution in [0, 0.1) is 5.82 Å². The largest absolute Gasteiger partial charge is 0.497 e. The van der Waals surface area contributed by atoms with Gasteiger partial charge in [-0.25, -0.2) is 19.3 Å². The van der Waals surface area contributed by atoms with Gasteiger partial charge in [-0.2, -0.15) is 13.1 Å². The van der Waals surface area contributed by atoms with Crippen LogP contribution < -0.4 is 24.2 Å². The van der Waals surface area contributed by atoms with E-state index in [1.165, 1.54) is 41.1 Å². The molecule has 1 aliphatic carbocycles. The second-order valence-electron chi connectivity index (χ2n) is 20.9. The first-order chi connectivity index (χ1) is 37.9. The maximum absolute atomic E-state index is 13.0. The van der Waals surface area contributed by atoms with Crippen molar-refractivity contribution in [2.45, 2.75) is 75.5 Å². The van der Waals surface area contributed by atoms with E-state index in [4.69, 9.17) is 33.9 Å². The molecule has 5 saturated heterocycles. The first kappa shape index (κ1) is 55.4. The van der Waals surface area contributed by atoms with Crippen LogP contribution in [-0.2, 0) is 28.7 Å². The predicted octanol–water partition coefficient (Wildman–Crippen LogP) is 8.53. The van der Waals surface area contributed by atoms with Gasteiger partial charge < -0.3 is 33.6 Å². The van der Waals surface area contributed by atoms with E-state index in [1.807, 2.05) is 30.3 Å². The molecule has 6 aliphatic rings. The summed E-state index contributed by atoms with van der Waals surface area (Å²) in [6.07, 6.45) is 9.83. The molecule has 0 radical (unpaired) electrons. The minimum Gasteiger partial charge on any atom is -0.497 e. The average molecular weight is 1110 g/mol. The summed E-state index contributed by atoms with van der Waals surface area (Å²) in [5.74, 6) is 6.41. The number of hydrogen-bond donors (Lipinski definition) is 0. The minimum atomic E-state index is -0.167. The number of rotatable bonds is 17. The van der Waals surface area contributed by atoms with E-state index in [-0.39, 0.29) is 5.82 Å². The summed E-state index contributed by atoms with van der Waals surface area (Å²) in [7, 11) is 3.43. The van der Waals surface area contributed by atoms with Crippen molar-refractivity contribution in [1.29, 1.82) is 0 Å². The molecule has 1 saturated carbocycles. The van der Waals surface area contributed by atoms with Crippen LogP contribution in [0.15, 0.2) is 72.8 Å².